The molecule has 1 aliphatic heterocycles. The first-order chi connectivity index (χ1) is 8.68. The van der Waals surface area contributed by atoms with Crippen molar-refractivity contribution in [2.45, 2.75) is 57.3 Å². The molecule has 4 saturated carbocycles. The second kappa shape index (κ2) is 3.67. The van der Waals surface area contributed by atoms with Crippen LogP contribution in [0.2, 0.25) is 0 Å². The first-order valence-electron chi connectivity index (χ1n) is 7.40. The van der Waals surface area contributed by atoms with E-state index in [4.69, 9.17) is 0 Å². The Morgan fingerprint density at radius 2 is 1.78 bits per heavy atom. The number of aliphatic hydroxyl groups is 1. The van der Waals surface area contributed by atoms with Gasteiger partial charge in [-0.2, -0.15) is 0 Å². The summed E-state index contributed by atoms with van der Waals surface area (Å²) in [4.78, 5) is 2.02. The van der Waals surface area contributed by atoms with Crippen molar-refractivity contribution in [2.24, 2.45) is 22.9 Å². The van der Waals surface area contributed by atoms with Crippen LogP contribution in [-0.2, 0) is 0 Å². The lowest BCUT2D eigenvalue weighted by molar-refractivity contribution is -0.729. The molecule has 0 aromatic heterocycles. The van der Waals surface area contributed by atoms with E-state index in [1.54, 1.807) is 5.01 Å². The fraction of sp³-hybridized carbons (Fsp3) is 1.00. The number of hydrogen-bond donors (Lipinski definition) is 2. The maximum atomic E-state index is 9.92. The average Bonchev–Trinajstić information content (AvgIpc) is 2.69. The predicted molar refractivity (Wildman–Crippen MR) is 65.1 cm³/mol. The van der Waals surface area contributed by atoms with E-state index in [0.29, 0.717) is 0 Å². The molecule has 4 fully saturated rings. The zero-order valence-electron chi connectivity index (χ0n) is 11.0. The van der Waals surface area contributed by atoms with Crippen LogP contribution >= 0.6 is 0 Å². The van der Waals surface area contributed by atoms with E-state index in [0.717, 1.165) is 24.3 Å². The molecule has 5 aliphatic rings. The summed E-state index contributed by atoms with van der Waals surface area (Å²) in [7, 11) is 0. The summed E-state index contributed by atoms with van der Waals surface area (Å²) in [5.74, 6) is 2.71. The quantitative estimate of drug-likeness (QED) is 0.730. The molecule has 2 N–H and O–H groups in total. The molecule has 0 aromatic carbocycles. The van der Waals surface area contributed by atoms with Gasteiger partial charge in [-0.05, 0) is 37.0 Å². The first-order valence-corrected chi connectivity index (χ1v) is 7.40. The van der Waals surface area contributed by atoms with E-state index >= 15 is 0 Å². The average molecular weight is 251 g/mol. The molecule has 5 nitrogen and oxygen atoms in total. The van der Waals surface area contributed by atoms with Crippen LogP contribution in [0.4, 0.5) is 0 Å². The number of nitrogens with one attached hydrogen (secondary N) is 1. The van der Waals surface area contributed by atoms with Gasteiger partial charge in [0.25, 0.3) is 6.35 Å². The van der Waals surface area contributed by atoms with Crippen molar-refractivity contribution < 1.29 is 9.91 Å². The molecule has 100 valence electrons. The standard InChI is InChI=1S/C13H23N4O/c1-2-16-12(18)14-17(15-16)13-6-9-3-10(7-13)5-11(4-9)8-13/h9-12,18H,2-8H2,1H3,(H,14,15)/q+1. The van der Waals surface area contributed by atoms with E-state index in [1.807, 2.05) is 11.7 Å². The molecule has 1 atom stereocenters. The molecule has 0 amide bonds. The topological polar surface area (TPSA) is 50.9 Å². The minimum Gasteiger partial charge on any atom is -0.354 e. The number of hydrogen-bond acceptors (Lipinski definition) is 4. The van der Waals surface area contributed by atoms with Gasteiger partial charge in [0.05, 0.1) is 0 Å². The molecule has 5 rings (SSSR count). The fourth-order valence-electron chi connectivity index (χ4n) is 5.15. The maximum Gasteiger partial charge on any atom is 0.290 e. The number of aliphatic hydroxyl groups excluding tert-OH is 1. The second-order valence-electron chi connectivity index (χ2n) is 6.80. The molecule has 4 bridgehead atoms. The van der Waals surface area contributed by atoms with Gasteiger partial charge in [-0.15, -0.1) is 5.01 Å². The normalized spacial score (nSPS) is 50.4. The Bertz CT molecular complexity index is 359. The summed E-state index contributed by atoms with van der Waals surface area (Å²) >= 11 is 0. The number of nitrogens with zero attached hydrogens (tertiary/aromatic N) is 3. The zero-order chi connectivity index (χ0) is 12.3. The molecular formula is C13H23N4O+. The van der Waals surface area contributed by atoms with Crippen molar-refractivity contribution in [3.63, 3.8) is 0 Å². The number of azo groups is 1. The molecule has 0 aromatic rings. The molecule has 1 heterocycles. The van der Waals surface area contributed by atoms with Crippen molar-refractivity contribution in [2.75, 3.05) is 6.54 Å². The number of rotatable bonds is 2. The van der Waals surface area contributed by atoms with Crippen molar-refractivity contribution in [3.8, 4) is 0 Å². The Hall–Kier alpha value is -0.680. The van der Waals surface area contributed by atoms with Crippen molar-refractivity contribution in [1.82, 2.24) is 10.5 Å². The first kappa shape index (κ1) is 11.2. The Kier molecular flexibility index (Phi) is 2.28. The van der Waals surface area contributed by atoms with Crippen LogP contribution in [0, 0.1) is 17.8 Å². The zero-order valence-corrected chi connectivity index (χ0v) is 11.0. The third kappa shape index (κ3) is 1.46. The molecule has 1 unspecified atom stereocenters. The van der Waals surface area contributed by atoms with Crippen molar-refractivity contribution in [1.29, 1.82) is 0 Å². The summed E-state index contributed by atoms with van der Waals surface area (Å²) in [5, 5.41) is 16.2. The van der Waals surface area contributed by atoms with Crippen LogP contribution < -0.4 is 5.53 Å². The van der Waals surface area contributed by atoms with Crippen LogP contribution in [0.3, 0.4) is 0 Å². The van der Waals surface area contributed by atoms with Gasteiger partial charge in [-0.3, -0.25) is 0 Å². The third-order valence-corrected chi connectivity index (χ3v) is 5.52. The minimum atomic E-state index is -0.706. The van der Waals surface area contributed by atoms with Crippen molar-refractivity contribution >= 4 is 0 Å². The Labute approximate surface area is 108 Å². The largest absolute Gasteiger partial charge is 0.354 e. The highest BCUT2D eigenvalue weighted by Gasteiger charge is 2.60. The summed E-state index contributed by atoms with van der Waals surface area (Å²) in [5.41, 5.74) is 3.49. The van der Waals surface area contributed by atoms with Crippen LogP contribution in [-0.4, -0.2) is 33.4 Å². The Morgan fingerprint density at radius 1 is 1.22 bits per heavy atom. The van der Waals surface area contributed by atoms with Crippen LogP contribution in [0.1, 0.15) is 45.4 Å². The van der Waals surface area contributed by atoms with Gasteiger partial charge in [-0.25, -0.2) is 0 Å². The lowest BCUT2D eigenvalue weighted by atomic mass is 9.53. The van der Waals surface area contributed by atoms with Gasteiger partial charge in [0.2, 0.25) is 5.54 Å². The van der Waals surface area contributed by atoms with Gasteiger partial charge < -0.3 is 5.11 Å². The van der Waals surface area contributed by atoms with E-state index < -0.39 is 6.35 Å². The SMILES string of the molecule is CCN1N[N+](C23CC4CC(CC(C4)C2)C3)=NC1O. The Morgan fingerprint density at radius 3 is 2.22 bits per heavy atom. The van der Waals surface area contributed by atoms with Gasteiger partial charge in [0, 0.05) is 35.7 Å². The van der Waals surface area contributed by atoms with Gasteiger partial charge >= 0.3 is 0 Å². The monoisotopic (exact) mass is 251 g/mol. The molecule has 4 aliphatic carbocycles. The molecule has 18 heavy (non-hydrogen) atoms. The van der Waals surface area contributed by atoms with Crippen LogP contribution in [0.15, 0.2) is 5.11 Å². The van der Waals surface area contributed by atoms with Crippen LogP contribution in [0.25, 0.3) is 0 Å². The summed E-state index contributed by atoms with van der Waals surface area (Å²) in [6.07, 6.45) is 7.40. The maximum absolute atomic E-state index is 9.92. The predicted octanol–water partition coefficient (Wildman–Crippen LogP) is 1.45. The highest BCUT2D eigenvalue weighted by atomic mass is 16.3. The van der Waals surface area contributed by atoms with Gasteiger partial charge in [-0.1, -0.05) is 12.5 Å². The third-order valence-electron chi connectivity index (χ3n) is 5.52. The molecular weight excluding hydrogens is 228 g/mol. The summed E-state index contributed by atoms with van der Waals surface area (Å²) < 4.78 is 0. The van der Waals surface area contributed by atoms with Crippen LogP contribution in [0.5, 0.6) is 0 Å². The van der Waals surface area contributed by atoms with Gasteiger partial charge in [0.1, 0.15) is 0 Å². The van der Waals surface area contributed by atoms with Gasteiger partial charge in [0.15, 0.2) is 0 Å². The fourth-order valence-corrected chi connectivity index (χ4v) is 5.15. The van der Waals surface area contributed by atoms with E-state index in [2.05, 4.69) is 10.6 Å². The minimum absolute atomic E-state index is 0.194. The molecule has 0 radical (unpaired) electrons. The molecule has 0 saturated heterocycles. The van der Waals surface area contributed by atoms with E-state index in [1.165, 1.54) is 38.5 Å². The molecule has 0 spiro atoms. The van der Waals surface area contributed by atoms with Crippen molar-refractivity contribution in [3.05, 3.63) is 0 Å². The smallest absolute Gasteiger partial charge is 0.290 e. The highest BCUT2D eigenvalue weighted by molar-refractivity contribution is 5.02. The van der Waals surface area contributed by atoms with E-state index in [9.17, 15) is 5.11 Å². The second-order valence-corrected chi connectivity index (χ2v) is 6.80. The molecule has 5 heteroatoms. The Balaban J connectivity index is 1.63. The lowest BCUT2D eigenvalue weighted by Gasteiger charge is -2.51. The highest BCUT2D eigenvalue weighted by Crippen LogP contribution is 2.57. The summed E-state index contributed by atoms with van der Waals surface area (Å²) in [6.45, 7) is 2.81. The number of hydrazine groups is 2. The lowest BCUT2D eigenvalue weighted by Crippen LogP contribution is -2.59. The summed E-state index contributed by atoms with van der Waals surface area (Å²) in [6, 6.07) is 0. The van der Waals surface area contributed by atoms with E-state index in [-0.39, 0.29) is 5.54 Å².